The standard InChI is InChI=1S/C25H32ClFN4O3/c1-15-13-30(7-8-31(15)24(33)34-25(4,5)6)14-19-9-20(26)11-22(16(19)2)29-23(32)18-10-21(27)17(3)28-12-18/h9-12,15H,7-8,13-14H2,1-6H3,(H,29,32). The Morgan fingerprint density at radius 2 is 1.94 bits per heavy atom. The van der Waals surface area contributed by atoms with Gasteiger partial charge in [0.15, 0.2) is 0 Å². The monoisotopic (exact) mass is 490 g/mol. The number of nitrogens with one attached hydrogen (secondary N) is 1. The van der Waals surface area contributed by atoms with Crippen LogP contribution in [-0.2, 0) is 11.3 Å². The predicted molar refractivity (Wildman–Crippen MR) is 131 cm³/mol. The molecule has 9 heteroatoms. The quantitative estimate of drug-likeness (QED) is 0.638. The molecule has 3 rings (SSSR count). The van der Waals surface area contributed by atoms with Crippen LogP contribution < -0.4 is 5.32 Å². The fraction of sp³-hybridized carbons (Fsp3) is 0.480. The second-order valence-corrected chi connectivity index (χ2v) is 10.2. The van der Waals surface area contributed by atoms with Gasteiger partial charge in [-0.2, -0.15) is 0 Å². The zero-order valence-corrected chi connectivity index (χ0v) is 21.3. The van der Waals surface area contributed by atoms with Crippen molar-refractivity contribution in [3.05, 3.63) is 57.6 Å². The summed E-state index contributed by atoms with van der Waals surface area (Å²) in [6, 6.07) is 4.72. The summed E-state index contributed by atoms with van der Waals surface area (Å²) < 4.78 is 19.4. The van der Waals surface area contributed by atoms with Gasteiger partial charge < -0.3 is 15.0 Å². The molecule has 1 unspecified atom stereocenters. The molecule has 1 aliphatic heterocycles. The zero-order valence-electron chi connectivity index (χ0n) is 20.5. The molecule has 1 aliphatic rings. The lowest BCUT2D eigenvalue weighted by Crippen LogP contribution is -2.54. The van der Waals surface area contributed by atoms with E-state index in [0.29, 0.717) is 36.9 Å². The summed E-state index contributed by atoms with van der Waals surface area (Å²) >= 11 is 6.36. The zero-order chi connectivity index (χ0) is 25.2. The van der Waals surface area contributed by atoms with Crippen molar-refractivity contribution in [2.45, 2.75) is 59.7 Å². The molecule has 1 atom stereocenters. The molecule has 0 spiro atoms. The van der Waals surface area contributed by atoms with Crippen molar-refractivity contribution in [2.75, 3.05) is 25.0 Å². The Kier molecular flexibility index (Phi) is 7.83. The van der Waals surface area contributed by atoms with Gasteiger partial charge in [-0.3, -0.25) is 14.7 Å². The van der Waals surface area contributed by atoms with E-state index in [-0.39, 0.29) is 23.4 Å². The van der Waals surface area contributed by atoms with E-state index in [0.717, 1.165) is 11.1 Å². The number of nitrogens with zero attached hydrogens (tertiary/aromatic N) is 3. The van der Waals surface area contributed by atoms with Crippen molar-refractivity contribution >= 4 is 29.3 Å². The average Bonchev–Trinajstić information content (AvgIpc) is 2.72. The van der Waals surface area contributed by atoms with Crippen molar-refractivity contribution in [1.82, 2.24) is 14.8 Å². The summed E-state index contributed by atoms with van der Waals surface area (Å²) in [5.74, 6) is -0.988. The molecule has 34 heavy (non-hydrogen) atoms. The Morgan fingerprint density at radius 3 is 2.56 bits per heavy atom. The van der Waals surface area contributed by atoms with Crippen LogP contribution in [0.3, 0.4) is 0 Å². The van der Waals surface area contributed by atoms with Crippen LogP contribution in [0.25, 0.3) is 0 Å². The van der Waals surface area contributed by atoms with Crippen molar-refractivity contribution in [3.63, 3.8) is 0 Å². The first-order valence-electron chi connectivity index (χ1n) is 11.3. The van der Waals surface area contributed by atoms with Gasteiger partial charge in [-0.1, -0.05) is 11.6 Å². The highest BCUT2D eigenvalue weighted by molar-refractivity contribution is 6.31. The summed E-state index contributed by atoms with van der Waals surface area (Å²) in [7, 11) is 0. The number of carbonyl (C=O) groups is 2. The van der Waals surface area contributed by atoms with Gasteiger partial charge in [0, 0.05) is 49.1 Å². The van der Waals surface area contributed by atoms with Crippen LogP contribution in [0.15, 0.2) is 24.4 Å². The van der Waals surface area contributed by atoms with E-state index in [9.17, 15) is 14.0 Å². The Labute approximate surface area is 205 Å². The maximum absolute atomic E-state index is 13.8. The molecule has 2 aromatic rings. The van der Waals surface area contributed by atoms with Gasteiger partial charge in [0.25, 0.3) is 5.91 Å². The van der Waals surface area contributed by atoms with Crippen molar-refractivity contribution < 1.29 is 18.7 Å². The number of aryl methyl sites for hydroxylation is 1. The number of ether oxygens (including phenoxy) is 1. The fourth-order valence-corrected chi connectivity index (χ4v) is 4.10. The predicted octanol–water partition coefficient (Wildman–Crippen LogP) is 5.18. The smallest absolute Gasteiger partial charge is 0.410 e. The Balaban J connectivity index is 1.70. The van der Waals surface area contributed by atoms with Crippen LogP contribution in [0.5, 0.6) is 0 Å². The van der Waals surface area contributed by atoms with Crippen LogP contribution >= 0.6 is 11.6 Å². The number of rotatable bonds is 4. The van der Waals surface area contributed by atoms with E-state index >= 15 is 0 Å². The van der Waals surface area contributed by atoms with Crippen molar-refractivity contribution in [3.8, 4) is 0 Å². The summed E-state index contributed by atoms with van der Waals surface area (Å²) in [6.45, 7) is 13.6. The van der Waals surface area contributed by atoms with E-state index in [1.165, 1.54) is 12.3 Å². The molecule has 184 valence electrons. The maximum Gasteiger partial charge on any atom is 0.410 e. The van der Waals surface area contributed by atoms with Gasteiger partial charge in [0.2, 0.25) is 0 Å². The summed E-state index contributed by atoms with van der Waals surface area (Å²) in [4.78, 5) is 33.1. The molecule has 0 aliphatic carbocycles. The third-order valence-electron chi connectivity index (χ3n) is 5.75. The third kappa shape index (κ3) is 6.45. The van der Waals surface area contributed by atoms with Gasteiger partial charge >= 0.3 is 6.09 Å². The van der Waals surface area contributed by atoms with E-state index in [2.05, 4.69) is 15.2 Å². The maximum atomic E-state index is 13.8. The fourth-order valence-electron chi connectivity index (χ4n) is 3.86. The molecular formula is C25H32ClFN4O3. The normalized spacial score (nSPS) is 16.9. The largest absolute Gasteiger partial charge is 0.444 e. The Morgan fingerprint density at radius 1 is 1.24 bits per heavy atom. The first-order chi connectivity index (χ1) is 15.8. The molecule has 1 saturated heterocycles. The molecule has 1 fully saturated rings. The second kappa shape index (κ2) is 10.3. The van der Waals surface area contributed by atoms with Gasteiger partial charge in [0.05, 0.1) is 11.3 Å². The van der Waals surface area contributed by atoms with Crippen molar-refractivity contribution in [2.24, 2.45) is 0 Å². The molecule has 1 aromatic carbocycles. The number of anilines is 1. The lowest BCUT2D eigenvalue weighted by atomic mass is 10.0. The molecule has 1 N–H and O–H groups in total. The number of hydrogen-bond acceptors (Lipinski definition) is 5. The number of halogens is 2. The number of benzene rings is 1. The lowest BCUT2D eigenvalue weighted by Gasteiger charge is -2.40. The summed E-state index contributed by atoms with van der Waals surface area (Å²) in [5.41, 5.74) is 2.24. The van der Waals surface area contributed by atoms with Crippen LogP contribution in [-0.4, -0.2) is 58.1 Å². The minimum atomic E-state index is -0.535. The van der Waals surface area contributed by atoms with Gasteiger partial charge in [-0.15, -0.1) is 0 Å². The van der Waals surface area contributed by atoms with Crippen molar-refractivity contribution in [1.29, 1.82) is 0 Å². The first kappa shape index (κ1) is 25.9. The summed E-state index contributed by atoms with van der Waals surface area (Å²) in [5, 5.41) is 3.32. The highest BCUT2D eigenvalue weighted by Crippen LogP contribution is 2.27. The Hall–Kier alpha value is -2.71. The van der Waals surface area contributed by atoms with Gasteiger partial charge in [-0.25, -0.2) is 9.18 Å². The minimum absolute atomic E-state index is 0.00815. The number of amides is 2. The Bertz CT molecular complexity index is 1090. The van der Waals surface area contributed by atoms with Crippen LogP contribution in [0.4, 0.5) is 14.9 Å². The number of piperazine rings is 1. The second-order valence-electron chi connectivity index (χ2n) is 9.74. The van der Waals surface area contributed by atoms with Gasteiger partial charge in [-0.05, 0) is 70.9 Å². The molecule has 2 heterocycles. The molecule has 0 bridgehead atoms. The SMILES string of the molecule is Cc1ncc(C(=O)Nc2cc(Cl)cc(CN3CCN(C(=O)OC(C)(C)C)C(C)C3)c2C)cc1F. The van der Waals surface area contributed by atoms with E-state index < -0.39 is 17.3 Å². The first-order valence-corrected chi connectivity index (χ1v) is 11.7. The third-order valence-corrected chi connectivity index (χ3v) is 5.97. The number of pyridine rings is 1. The molecule has 1 aromatic heterocycles. The summed E-state index contributed by atoms with van der Waals surface area (Å²) in [6.07, 6.45) is 1.05. The van der Waals surface area contributed by atoms with Crippen LogP contribution in [0, 0.1) is 19.7 Å². The highest BCUT2D eigenvalue weighted by atomic mass is 35.5. The van der Waals surface area contributed by atoms with E-state index in [4.69, 9.17) is 16.3 Å². The molecule has 2 amide bonds. The minimum Gasteiger partial charge on any atom is -0.444 e. The van der Waals surface area contributed by atoms with E-state index in [1.807, 2.05) is 40.7 Å². The number of hydrogen-bond donors (Lipinski definition) is 1. The lowest BCUT2D eigenvalue weighted by molar-refractivity contribution is 0.000535. The molecule has 7 nitrogen and oxygen atoms in total. The van der Waals surface area contributed by atoms with Crippen LogP contribution in [0.2, 0.25) is 5.02 Å². The number of carbonyl (C=O) groups excluding carboxylic acids is 2. The highest BCUT2D eigenvalue weighted by Gasteiger charge is 2.31. The topological polar surface area (TPSA) is 74.8 Å². The molecule has 0 saturated carbocycles. The number of aromatic nitrogens is 1. The van der Waals surface area contributed by atoms with Gasteiger partial charge in [0.1, 0.15) is 11.4 Å². The molecule has 0 radical (unpaired) electrons. The van der Waals surface area contributed by atoms with E-state index in [1.54, 1.807) is 17.9 Å². The average molecular weight is 491 g/mol. The van der Waals surface area contributed by atoms with Crippen LogP contribution in [0.1, 0.15) is 54.9 Å². The molecular weight excluding hydrogens is 459 g/mol.